The van der Waals surface area contributed by atoms with Crippen molar-refractivity contribution in [3.8, 4) is 0 Å². The third kappa shape index (κ3) is 5.25. The first kappa shape index (κ1) is 20.2. The number of nitrogens with one attached hydrogen (secondary N) is 1. The fraction of sp³-hybridized carbons (Fsp3) is 0.381. The molecular formula is C21H26N4O2S. The lowest BCUT2D eigenvalue weighted by atomic mass is 10.1. The molecule has 1 N–H and O–H groups in total. The summed E-state index contributed by atoms with van der Waals surface area (Å²) in [6.45, 7) is 2.85. The quantitative estimate of drug-likeness (QED) is 0.775. The smallest absolute Gasteiger partial charge is 0.251 e. The van der Waals surface area contributed by atoms with Crippen LogP contribution in [0.4, 0.5) is 5.69 Å². The van der Waals surface area contributed by atoms with Crippen LogP contribution < -0.4 is 10.2 Å². The number of benzene rings is 1. The van der Waals surface area contributed by atoms with Crippen molar-refractivity contribution in [3.63, 3.8) is 0 Å². The summed E-state index contributed by atoms with van der Waals surface area (Å²) in [5, 5.41) is 2.94. The van der Waals surface area contributed by atoms with Crippen LogP contribution in [0.3, 0.4) is 0 Å². The normalized spacial score (nSPS) is 15.2. The molecule has 0 spiro atoms. The summed E-state index contributed by atoms with van der Waals surface area (Å²) >= 11 is 1.68. The van der Waals surface area contributed by atoms with E-state index in [1.807, 2.05) is 41.5 Å². The zero-order valence-electron chi connectivity index (χ0n) is 16.1. The van der Waals surface area contributed by atoms with Gasteiger partial charge in [0.25, 0.3) is 5.91 Å². The number of anilines is 1. The lowest BCUT2D eigenvalue weighted by Crippen LogP contribution is -2.55. The molecule has 1 fully saturated rings. The maximum Gasteiger partial charge on any atom is 0.251 e. The standard InChI is InChI=1S/C21H26N4O2S/c1-28-16-9-19(23-20(26)17-5-3-2-4-6-17)21(27)25-14-12-24(13-15-25)18-7-10-22-11-8-18/h2-8,10-11,19H,9,12-16H2,1H3,(H,23,26)/t19-/m1/s1. The van der Waals surface area contributed by atoms with Crippen molar-refractivity contribution in [1.29, 1.82) is 0 Å². The molecule has 3 rings (SSSR count). The fourth-order valence-corrected chi connectivity index (χ4v) is 3.76. The molecule has 6 nitrogen and oxygen atoms in total. The van der Waals surface area contributed by atoms with Gasteiger partial charge in [-0.05, 0) is 42.7 Å². The molecule has 0 aliphatic carbocycles. The van der Waals surface area contributed by atoms with E-state index in [-0.39, 0.29) is 11.8 Å². The van der Waals surface area contributed by atoms with E-state index in [0.29, 0.717) is 25.1 Å². The summed E-state index contributed by atoms with van der Waals surface area (Å²) in [6, 6.07) is 12.5. The molecule has 2 amide bonds. The molecule has 1 aliphatic heterocycles. The van der Waals surface area contributed by atoms with Crippen molar-refractivity contribution in [3.05, 3.63) is 60.4 Å². The van der Waals surface area contributed by atoms with Crippen LogP contribution in [0.15, 0.2) is 54.9 Å². The number of amides is 2. The van der Waals surface area contributed by atoms with Gasteiger partial charge in [0, 0.05) is 49.8 Å². The van der Waals surface area contributed by atoms with Gasteiger partial charge in [0.1, 0.15) is 6.04 Å². The van der Waals surface area contributed by atoms with Gasteiger partial charge < -0.3 is 15.1 Å². The van der Waals surface area contributed by atoms with Gasteiger partial charge in [0.15, 0.2) is 0 Å². The predicted molar refractivity (Wildman–Crippen MR) is 114 cm³/mol. The monoisotopic (exact) mass is 398 g/mol. The third-order valence-electron chi connectivity index (χ3n) is 4.87. The SMILES string of the molecule is CSCC[C@@H](NC(=O)c1ccccc1)C(=O)N1CCN(c2ccncc2)CC1. The zero-order chi connectivity index (χ0) is 19.8. The second kappa shape index (κ2) is 10.1. The lowest BCUT2D eigenvalue weighted by Gasteiger charge is -2.37. The Morgan fingerprint density at radius 1 is 1.07 bits per heavy atom. The van der Waals surface area contributed by atoms with Crippen LogP contribution in [0, 0.1) is 0 Å². The van der Waals surface area contributed by atoms with Crippen LogP contribution in [0.2, 0.25) is 0 Å². The van der Waals surface area contributed by atoms with E-state index in [1.165, 1.54) is 0 Å². The number of hydrogen-bond acceptors (Lipinski definition) is 5. The van der Waals surface area contributed by atoms with Crippen LogP contribution in [0.5, 0.6) is 0 Å². The topological polar surface area (TPSA) is 65.5 Å². The molecule has 0 unspecified atom stereocenters. The summed E-state index contributed by atoms with van der Waals surface area (Å²) < 4.78 is 0. The van der Waals surface area contributed by atoms with E-state index in [2.05, 4.69) is 15.2 Å². The first-order chi connectivity index (χ1) is 13.7. The summed E-state index contributed by atoms with van der Waals surface area (Å²) in [5.74, 6) is 0.630. The van der Waals surface area contributed by atoms with Gasteiger partial charge in [0.2, 0.25) is 5.91 Å². The van der Waals surface area contributed by atoms with E-state index in [1.54, 1.807) is 36.3 Å². The van der Waals surface area contributed by atoms with Crippen molar-refractivity contribution in [2.45, 2.75) is 12.5 Å². The summed E-state index contributed by atoms with van der Waals surface area (Å²) in [6.07, 6.45) is 6.20. The predicted octanol–water partition coefficient (Wildman–Crippen LogP) is 2.28. The molecule has 2 aromatic rings. The Morgan fingerprint density at radius 2 is 1.75 bits per heavy atom. The number of piperazine rings is 1. The Kier molecular flexibility index (Phi) is 7.31. The van der Waals surface area contributed by atoms with Crippen molar-refractivity contribution < 1.29 is 9.59 Å². The number of rotatable bonds is 7. The van der Waals surface area contributed by atoms with Gasteiger partial charge in [-0.15, -0.1) is 0 Å². The fourth-order valence-electron chi connectivity index (χ4n) is 3.28. The zero-order valence-corrected chi connectivity index (χ0v) is 16.9. The van der Waals surface area contributed by atoms with Crippen LogP contribution in [0.1, 0.15) is 16.8 Å². The molecule has 7 heteroatoms. The van der Waals surface area contributed by atoms with Crippen molar-refractivity contribution in [2.24, 2.45) is 0 Å². The number of aromatic nitrogens is 1. The van der Waals surface area contributed by atoms with Gasteiger partial charge in [-0.2, -0.15) is 11.8 Å². The molecule has 148 valence electrons. The first-order valence-electron chi connectivity index (χ1n) is 9.47. The minimum atomic E-state index is -0.493. The molecule has 2 heterocycles. The molecule has 0 bridgehead atoms. The largest absolute Gasteiger partial charge is 0.368 e. The highest BCUT2D eigenvalue weighted by Crippen LogP contribution is 2.16. The van der Waals surface area contributed by atoms with Gasteiger partial charge in [-0.3, -0.25) is 14.6 Å². The van der Waals surface area contributed by atoms with Crippen LogP contribution in [-0.2, 0) is 4.79 Å². The van der Waals surface area contributed by atoms with Crippen molar-refractivity contribution in [1.82, 2.24) is 15.2 Å². The summed E-state index contributed by atoms with van der Waals surface area (Å²) in [5.41, 5.74) is 1.70. The van der Waals surface area contributed by atoms with Crippen molar-refractivity contribution in [2.75, 3.05) is 43.1 Å². The van der Waals surface area contributed by atoms with Crippen LogP contribution in [-0.4, -0.2) is 65.9 Å². The van der Waals surface area contributed by atoms with Gasteiger partial charge in [-0.25, -0.2) is 0 Å². The van der Waals surface area contributed by atoms with Gasteiger partial charge >= 0.3 is 0 Å². The second-order valence-electron chi connectivity index (χ2n) is 6.69. The molecular weight excluding hydrogens is 372 g/mol. The van der Waals surface area contributed by atoms with E-state index in [9.17, 15) is 9.59 Å². The van der Waals surface area contributed by atoms with E-state index in [0.717, 1.165) is 24.5 Å². The first-order valence-corrected chi connectivity index (χ1v) is 10.9. The Bertz CT molecular complexity index is 764. The van der Waals surface area contributed by atoms with Crippen LogP contribution in [0.25, 0.3) is 0 Å². The molecule has 1 aromatic carbocycles. The Hall–Kier alpha value is -2.54. The number of pyridine rings is 1. The van der Waals surface area contributed by atoms with Gasteiger partial charge in [0.05, 0.1) is 0 Å². The molecule has 1 atom stereocenters. The maximum atomic E-state index is 13.1. The van der Waals surface area contributed by atoms with Gasteiger partial charge in [-0.1, -0.05) is 18.2 Å². The number of carbonyl (C=O) groups excluding carboxylic acids is 2. The molecule has 28 heavy (non-hydrogen) atoms. The molecule has 1 aliphatic rings. The lowest BCUT2D eigenvalue weighted by molar-refractivity contribution is -0.133. The second-order valence-corrected chi connectivity index (χ2v) is 7.68. The Balaban J connectivity index is 1.61. The van der Waals surface area contributed by atoms with E-state index < -0.39 is 6.04 Å². The van der Waals surface area contributed by atoms with Crippen molar-refractivity contribution >= 4 is 29.3 Å². The average Bonchev–Trinajstić information content (AvgIpc) is 2.77. The Morgan fingerprint density at radius 3 is 2.39 bits per heavy atom. The average molecular weight is 399 g/mol. The highest BCUT2D eigenvalue weighted by Gasteiger charge is 2.28. The number of hydrogen-bond donors (Lipinski definition) is 1. The minimum absolute atomic E-state index is 0.00714. The highest BCUT2D eigenvalue weighted by molar-refractivity contribution is 7.98. The molecule has 1 saturated heterocycles. The Labute approximate surface area is 170 Å². The highest BCUT2D eigenvalue weighted by atomic mass is 32.2. The molecule has 0 saturated carbocycles. The number of nitrogens with zero attached hydrogens (tertiary/aromatic N) is 3. The minimum Gasteiger partial charge on any atom is -0.368 e. The molecule has 1 aromatic heterocycles. The van der Waals surface area contributed by atoms with E-state index >= 15 is 0 Å². The van der Waals surface area contributed by atoms with E-state index in [4.69, 9.17) is 0 Å². The number of carbonyl (C=O) groups is 2. The maximum absolute atomic E-state index is 13.1. The summed E-state index contributed by atoms with van der Waals surface area (Å²) in [4.78, 5) is 33.8. The number of thioether (sulfide) groups is 1. The third-order valence-corrected chi connectivity index (χ3v) is 5.51. The molecule has 0 radical (unpaired) electrons. The van der Waals surface area contributed by atoms with Crippen LogP contribution >= 0.6 is 11.8 Å². The summed E-state index contributed by atoms with van der Waals surface area (Å²) in [7, 11) is 0.